The maximum Gasteiger partial charge on any atom is 0.220 e. The summed E-state index contributed by atoms with van der Waals surface area (Å²) in [5.74, 6) is -0.0469. The second-order valence-electron chi connectivity index (χ2n) is 5.42. The van der Waals surface area contributed by atoms with Gasteiger partial charge in [-0.3, -0.25) is 4.79 Å². The van der Waals surface area contributed by atoms with E-state index in [9.17, 15) is 15.0 Å². The third-order valence-electron chi connectivity index (χ3n) is 3.50. The fourth-order valence-electron chi connectivity index (χ4n) is 2.20. The average Bonchev–Trinajstić information content (AvgIpc) is 2.50. The molecule has 0 bridgehead atoms. The number of carbonyl (C=O) groups excluding carboxylic acids is 1. The zero-order valence-electron chi connectivity index (χ0n) is 12.8. The molecule has 8 nitrogen and oxygen atoms in total. The highest BCUT2D eigenvalue weighted by atomic mass is 16.7. The van der Waals surface area contributed by atoms with Gasteiger partial charge in [-0.1, -0.05) is 0 Å². The maximum absolute atomic E-state index is 11.5. The molecule has 0 aliphatic carbocycles. The lowest BCUT2D eigenvalue weighted by Gasteiger charge is -2.36. The number of aliphatic hydroxyl groups excluding tert-OH is 3. The van der Waals surface area contributed by atoms with Crippen molar-refractivity contribution < 1.29 is 29.6 Å². The molecule has 0 radical (unpaired) electrons. The number of amides is 1. The third kappa shape index (κ3) is 6.99. The smallest absolute Gasteiger partial charge is 0.220 e. The van der Waals surface area contributed by atoms with Crippen molar-refractivity contribution in [2.24, 2.45) is 5.73 Å². The van der Waals surface area contributed by atoms with Gasteiger partial charge in [-0.05, 0) is 25.8 Å². The predicted molar refractivity (Wildman–Crippen MR) is 78.9 cm³/mol. The van der Waals surface area contributed by atoms with Crippen LogP contribution in [0.1, 0.15) is 32.1 Å². The lowest BCUT2D eigenvalue weighted by molar-refractivity contribution is -0.270. The van der Waals surface area contributed by atoms with Crippen LogP contribution in [0.3, 0.4) is 0 Å². The lowest BCUT2D eigenvalue weighted by atomic mass is 10.0. The van der Waals surface area contributed by atoms with Crippen LogP contribution in [0.15, 0.2) is 0 Å². The summed E-state index contributed by atoms with van der Waals surface area (Å²) in [6.45, 7) is 1.17. The largest absolute Gasteiger partial charge is 0.394 e. The molecule has 1 aliphatic rings. The Labute approximate surface area is 130 Å². The Kier molecular flexibility index (Phi) is 9.53. The van der Waals surface area contributed by atoms with Gasteiger partial charge in [0.05, 0.1) is 19.3 Å². The Morgan fingerprint density at radius 1 is 1.27 bits per heavy atom. The molecule has 0 aromatic carbocycles. The molecule has 1 amide bonds. The zero-order valence-corrected chi connectivity index (χ0v) is 12.8. The van der Waals surface area contributed by atoms with E-state index in [1.807, 2.05) is 0 Å². The number of aliphatic hydroxyl groups is 3. The summed E-state index contributed by atoms with van der Waals surface area (Å²) in [7, 11) is 0. The van der Waals surface area contributed by atoms with Crippen LogP contribution in [0.4, 0.5) is 0 Å². The first-order valence-corrected chi connectivity index (χ1v) is 7.79. The Hall–Kier alpha value is -0.770. The molecule has 6 N–H and O–H groups in total. The van der Waals surface area contributed by atoms with Gasteiger partial charge in [-0.15, -0.1) is 0 Å². The molecule has 0 aromatic heterocycles. The maximum atomic E-state index is 11.5. The van der Waals surface area contributed by atoms with Crippen LogP contribution in [0.5, 0.6) is 0 Å². The molecule has 1 aliphatic heterocycles. The van der Waals surface area contributed by atoms with Crippen molar-refractivity contribution in [3.8, 4) is 0 Å². The van der Waals surface area contributed by atoms with E-state index in [2.05, 4.69) is 5.32 Å². The highest BCUT2D eigenvalue weighted by Gasteiger charge is 2.36. The van der Waals surface area contributed by atoms with Crippen LogP contribution in [-0.4, -0.2) is 72.1 Å². The number of nitrogens with one attached hydrogen (secondary N) is 1. The predicted octanol–water partition coefficient (Wildman–Crippen LogP) is -1.53. The lowest BCUT2D eigenvalue weighted by Crippen LogP contribution is -2.49. The Bertz CT molecular complexity index is 318. The van der Waals surface area contributed by atoms with Gasteiger partial charge in [0.25, 0.3) is 0 Å². The van der Waals surface area contributed by atoms with Crippen molar-refractivity contribution in [1.82, 2.24) is 5.32 Å². The third-order valence-corrected chi connectivity index (χ3v) is 3.50. The van der Waals surface area contributed by atoms with Gasteiger partial charge in [0.1, 0.15) is 12.2 Å². The van der Waals surface area contributed by atoms with Crippen molar-refractivity contribution >= 4 is 5.91 Å². The van der Waals surface area contributed by atoms with E-state index >= 15 is 0 Å². The van der Waals surface area contributed by atoms with Gasteiger partial charge in [0.15, 0.2) is 6.29 Å². The second kappa shape index (κ2) is 10.9. The van der Waals surface area contributed by atoms with E-state index in [1.165, 1.54) is 0 Å². The van der Waals surface area contributed by atoms with Gasteiger partial charge in [0, 0.05) is 19.4 Å². The number of unbranched alkanes of at least 4 members (excludes halogenated alkanes) is 1. The van der Waals surface area contributed by atoms with Crippen LogP contribution in [-0.2, 0) is 14.3 Å². The van der Waals surface area contributed by atoms with E-state index in [4.69, 9.17) is 20.3 Å². The summed E-state index contributed by atoms with van der Waals surface area (Å²) < 4.78 is 10.7. The van der Waals surface area contributed by atoms with Gasteiger partial charge in [-0.25, -0.2) is 0 Å². The van der Waals surface area contributed by atoms with Crippen LogP contribution in [0.25, 0.3) is 0 Å². The highest BCUT2D eigenvalue weighted by molar-refractivity contribution is 5.75. The summed E-state index contributed by atoms with van der Waals surface area (Å²) in [6.07, 6.45) is -0.796. The number of rotatable bonds is 10. The topological polar surface area (TPSA) is 134 Å². The molecular formula is C14H28N2O6. The van der Waals surface area contributed by atoms with Crippen molar-refractivity contribution in [3.63, 3.8) is 0 Å². The number of hydrogen-bond donors (Lipinski definition) is 5. The first-order chi connectivity index (χ1) is 10.6. The fraction of sp³-hybridized carbons (Fsp3) is 0.929. The van der Waals surface area contributed by atoms with E-state index in [1.54, 1.807) is 0 Å². The molecule has 8 heteroatoms. The first-order valence-electron chi connectivity index (χ1n) is 7.79. The Morgan fingerprint density at radius 3 is 2.73 bits per heavy atom. The molecule has 0 saturated carbocycles. The fourth-order valence-corrected chi connectivity index (χ4v) is 2.20. The van der Waals surface area contributed by atoms with Crippen molar-refractivity contribution in [2.45, 2.75) is 56.7 Å². The molecule has 1 fully saturated rings. The summed E-state index contributed by atoms with van der Waals surface area (Å²) in [4.78, 5) is 11.5. The molecule has 130 valence electrons. The van der Waals surface area contributed by atoms with E-state index < -0.39 is 24.6 Å². The molecule has 0 aromatic rings. The summed E-state index contributed by atoms with van der Waals surface area (Å²) in [5.41, 5.74) is 5.36. The molecular weight excluding hydrogens is 292 g/mol. The zero-order chi connectivity index (χ0) is 16.4. The van der Waals surface area contributed by atoms with Crippen molar-refractivity contribution in [3.05, 3.63) is 0 Å². The van der Waals surface area contributed by atoms with Crippen molar-refractivity contribution in [1.29, 1.82) is 0 Å². The summed E-state index contributed by atoms with van der Waals surface area (Å²) in [5, 5.41) is 31.1. The monoisotopic (exact) mass is 320 g/mol. The van der Waals surface area contributed by atoms with E-state index in [-0.39, 0.29) is 25.5 Å². The van der Waals surface area contributed by atoms with Gasteiger partial charge < -0.3 is 35.8 Å². The standard InChI is InChI=1S/C14H28N2O6/c15-5-1-2-6-16-13(20)4-3-7-21-14-11(19)8-10(18)12(9-17)22-14/h10-12,14,17-19H,1-9,15H2,(H,16,20)/t10?,11?,12-,14+/m0/s1. The van der Waals surface area contributed by atoms with Crippen molar-refractivity contribution in [2.75, 3.05) is 26.3 Å². The number of ether oxygens (including phenoxy) is 2. The average molecular weight is 320 g/mol. The van der Waals surface area contributed by atoms with Gasteiger partial charge >= 0.3 is 0 Å². The molecule has 4 atom stereocenters. The van der Waals surface area contributed by atoms with Gasteiger partial charge in [-0.2, -0.15) is 0 Å². The normalized spacial score (nSPS) is 28.5. The number of carbonyl (C=O) groups is 1. The Balaban J connectivity index is 2.11. The van der Waals surface area contributed by atoms with Crippen LogP contribution < -0.4 is 11.1 Å². The van der Waals surface area contributed by atoms with Crippen LogP contribution in [0.2, 0.25) is 0 Å². The van der Waals surface area contributed by atoms with Crippen LogP contribution >= 0.6 is 0 Å². The molecule has 1 heterocycles. The molecule has 1 saturated heterocycles. The SMILES string of the molecule is NCCCCNC(=O)CCCO[C@@H]1O[C@@H](CO)C(O)CC1O. The van der Waals surface area contributed by atoms with E-state index in [0.717, 1.165) is 12.8 Å². The minimum atomic E-state index is -0.942. The van der Waals surface area contributed by atoms with E-state index in [0.29, 0.717) is 25.9 Å². The molecule has 22 heavy (non-hydrogen) atoms. The molecule has 2 unspecified atom stereocenters. The number of nitrogens with two attached hydrogens (primary N) is 1. The Morgan fingerprint density at radius 2 is 2.05 bits per heavy atom. The number of hydrogen-bond acceptors (Lipinski definition) is 7. The van der Waals surface area contributed by atoms with Crippen LogP contribution in [0, 0.1) is 0 Å². The summed E-state index contributed by atoms with van der Waals surface area (Å²) in [6, 6.07) is 0. The summed E-state index contributed by atoms with van der Waals surface area (Å²) >= 11 is 0. The highest BCUT2D eigenvalue weighted by Crippen LogP contribution is 2.21. The quantitative estimate of drug-likeness (QED) is 0.308. The van der Waals surface area contributed by atoms with Gasteiger partial charge in [0.2, 0.25) is 5.91 Å². The molecule has 0 spiro atoms. The first kappa shape index (κ1) is 19.3. The second-order valence-corrected chi connectivity index (χ2v) is 5.42. The minimum absolute atomic E-state index is 0.0469. The minimum Gasteiger partial charge on any atom is -0.394 e. The molecule has 1 rings (SSSR count).